The standard InChI is InChI=1S/C17H18FN3O4S2/c1-19-27(24,25)11-8-9-13(18)12(10-11)16(22)20-14-6-4-5-7-15(14)26-17(23)21(2)3/h4-10,19H,1-3H3,(H,20,22). The molecular weight excluding hydrogens is 393 g/mol. The SMILES string of the molecule is CNS(=O)(=O)c1ccc(F)c(C(=O)Nc2ccccc2SC(=O)N(C)C)c1. The number of hydrogen-bond acceptors (Lipinski definition) is 5. The number of amides is 2. The summed E-state index contributed by atoms with van der Waals surface area (Å²) in [6.07, 6.45) is 0. The Hall–Kier alpha value is -2.43. The average molecular weight is 411 g/mol. The molecule has 0 bridgehead atoms. The number of anilines is 1. The van der Waals surface area contributed by atoms with Gasteiger partial charge in [0.1, 0.15) is 5.82 Å². The van der Waals surface area contributed by atoms with Crippen LogP contribution in [0.15, 0.2) is 52.3 Å². The fourth-order valence-electron chi connectivity index (χ4n) is 2.00. The van der Waals surface area contributed by atoms with E-state index in [0.717, 1.165) is 30.0 Å². The van der Waals surface area contributed by atoms with Crippen molar-refractivity contribution >= 4 is 38.6 Å². The molecule has 7 nitrogen and oxygen atoms in total. The third-order valence-corrected chi connectivity index (χ3v) is 5.99. The lowest BCUT2D eigenvalue weighted by Crippen LogP contribution is -2.21. The molecule has 144 valence electrons. The van der Waals surface area contributed by atoms with E-state index in [1.807, 2.05) is 0 Å². The Balaban J connectivity index is 2.34. The van der Waals surface area contributed by atoms with Crippen molar-refractivity contribution in [2.75, 3.05) is 26.5 Å². The maximum atomic E-state index is 14.1. The Morgan fingerprint density at radius 2 is 1.78 bits per heavy atom. The molecule has 2 rings (SSSR count). The van der Waals surface area contributed by atoms with Gasteiger partial charge in [-0.25, -0.2) is 17.5 Å². The Kier molecular flexibility index (Phi) is 6.58. The summed E-state index contributed by atoms with van der Waals surface area (Å²) in [6, 6.07) is 9.49. The van der Waals surface area contributed by atoms with Gasteiger partial charge in [-0.15, -0.1) is 0 Å². The van der Waals surface area contributed by atoms with Crippen LogP contribution in [0.1, 0.15) is 10.4 Å². The summed E-state index contributed by atoms with van der Waals surface area (Å²) in [4.78, 5) is 26.0. The van der Waals surface area contributed by atoms with E-state index in [9.17, 15) is 22.4 Å². The van der Waals surface area contributed by atoms with Crippen LogP contribution in [0.2, 0.25) is 0 Å². The fourth-order valence-corrected chi connectivity index (χ4v) is 3.50. The minimum atomic E-state index is -3.83. The van der Waals surface area contributed by atoms with E-state index in [4.69, 9.17) is 0 Å². The first-order valence-corrected chi connectivity index (χ1v) is 9.98. The summed E-state index contributed by atoms with van der Waals surface area (Å²) < 4.78 is 39.9. The number of hydrogen-bond donors (Lipinski definition) is 2. The maximum absolute atomic E-state index is 14.1. The molecular formula is C17H18FN3O4S2. The highest BCUT2D eigenvalue weighted by atomic mass is 32.2. The van der Waals surface area contributed by atoms with Crippen molar-refractivity contribution in [3.05, 3.63) is 53.8 Å². The van der Waals surface area contributed by atoms with Crippen molar-refractivity contribution < 1.29 is 22.4 Å². The molecule has 0 aromatic heterocycles. The van der Waals surface area contributed by atoms with Crippen LogP contribution in [0.25, 0.3) is 0 Å². The molecule has 0 aliphatic rings. The topological polar surface area (TPSA) is 95.6 Å². The van der Waals surface area contributed by atoms with E-state index in [2.05, 4.69) is 10.0 Å². The van der Waals surface area contributed by atoms with E-state index in [-0.39, 0.29) is 10.1 Å². The van der Waals surface area contributed by atoms with Crippen LogP contribution in [0.5, 0.6) is 0 Å². The van der Waals surface area contributed by atoms with E-state index < -0.39 is 27.3 Å². The van der Waals surface area contributed by atoms with Crippen molar-refractivity contribution in [3.63, 3.8) is 0 Å². The number of para-hydroxylation sites is 1. The smallest absolute Gasteiger partial charge is 0.286 e. The van der Waals surface area contributed by atoms with Crippen molar-refractivity contribution in [1.29, 1.82) is 0 Å². The van der Waals surface area contributed by atoms with Crippen molar-refractivity contribution in [1.82, 2.24) is 9.62 Å². The number of benzene rings is 2. The molecule has 2 N–H and O–H groups in total. The Morgan fingerprint density at radius 3 is 2.41 bits per heavy atom. The molecule has 0 fully saturated rings. The zero-order chi connectivity index (χ0) is 20.2. The largest absolute Gasteiger partial charge is 0.339 e. The van der Waals surface area contributed by atoms with E-state index in [0.29, 0.717) is 10.6 Å². The molecule has 2 amide bonds. The van der Waals surface area contributed by atoms with Gasteiger partial charge in [0.15, 0.2) is 0 Å². The first kappa shape index (κ1) is 20.9. The van der Waals surface area contributed by atoms with Crippen LogP contribution in [-0.2, 0) is 10.0 Å². The zero-order valence-electron chi connectivity index (χ0n) is 14.8. The minimum absolute atomic E-state index is 0.234. The third-order valence-electron chi connectivity index (χ3n) is 3.46. The first-order chi connectivity index (χ1) is 12.7. The zero-order valence-corrected chi connectivity index (χ0v) is 16.4. The van der Waals surface area contributed by atoms with Crippen molar-refractivity contribution in [3.8, 4) is 0 Å². The molecule has 0 aliphatic carbocycles. The molecule has 2 aromatic rings. The number of nitrogens with one attached hydrogen (secondary N) is 2. The molecule has 27 heavy (non-hydrogen) atoms. The van der Waals surface area contributed by atoms with Gasteiger partial charge >= 0.3 is 0 Å². The van der Waals surface area contributed by atoms with Crippen LogP contribution in [0.4, 0.5) is 14.9 Å². The van der Waals surface area contributed by atoms with Gasteiger partial charge in [-0.1, -0.05) is 12.1 Å². The minimum Gasteiger partial charge on any atom is -0.339 e. The highest BCUT2D eigenvalue weighted by molar-refractivity contribution is 8.13. The van der Waals surface area contributed by atoms with Crippen LogP contribution in [0.3, 0.4) is 0 Å². The molecule has 0 aliphatic heterocycles. The molecule has 0 heterocycles. The number of nitrogens with zero attached hydrogens (tertiary/aromatic N) is 1. The predicted octanol–water partition coefficient (Wildman–Crippen LogP) is 2.76. The molecule has 2 aromatic carbocycles. The lowest BCUT2D eigenvalue weighted by atomic mass is 10.2. The number of rotatable bonds is 5. The van der Waals surface area contributed by atoms with Crippen LogP contribution < -0.4 is 10.0 Å². The molecule has 0 spiro atoms. The second-order valence-corrected chi connectivity index (χ2v) is 8.44. The third kappa shape index (κ3) is 5.06. The van der Waals surface area contributed by atoms with Crippen LogP contribution in [-0.4, -0.2) is 45.6 Å². The quantitative estimate of drug-likeness (QED) is 0.738. The van der Waals surface area contributed by atoms with Crippen molar-refractivity contribution in [2.24, 2.45) is 0 Å². The van der Waals surface area contributed by atoms with Gasteiger partial charge in [-0.3, -0.25) is 9.59 Å². The monoisotopic (exact) mass is 411 g/mol. The Bertz CT molecular complexity index is 978. The molecule has 0 saturated heterocycles. The average Bonchev–Trinajstić information content (AvgIpc) is 2.63. The fraction of sp³-hybridized carbons (Fsp3) is 0.176. The highest BCUT2D eigenvalue weighted by Gasteiger charge is 2.19. The van der Waals surface area contributed by atoms with Gasteiger partial charge in [0.25, 0.3) is 11.1 Å². The second kappa shape index (κ2) is 8.51. The first-order valence-electron chi connectivity index (χ1n) is 7.68. The molecule has 10 heteroatoms. The summed E-state index contributed by atoms with van der Waals surface area (Å²) in [5.74, 6) is -1.69. The van der Waals surface area contributed by atoms with Gasteiger partial charge in [0.05, 0.1) is 16.1 Å². The summed E-state index contributed by atoms with van der Waals surface area (Å²) in [5.41, 5.74) is -0.117. The normalized spacial score (nSPS) is 11.1. The lowest BCUT2D eigenvalue weighted by Gasteiger charge is -2.13. The molecule has 0 unspecified atom stereocenters. The van der Waals surface area contributed by atoms with Crippen LogP contribution >= 0.6 is 11.8 Å². The van der Waals surface area contributed by atoms with Crippen LogP contribution in [0, 0.1) is 5.82 Å². The van der Waals surface area contributed by atoms with E-state index >= 15 is 0 Å². The Labute approximate surface area is 161 Å². The predicted molar refractivity (Wildman–Crippen MR) is 102 cm³/mol. The summed E-state index contributed by atoms with van der Waals surface area (Å²) in [5, 5.41) is 2.28. The highest BCUT2D eigenvalue weighted by Crippen LogP contribution is 2.29. The molecule has 0 saturated carbocycles. The number of halogens is 1. The van der Waals surface area contributed by atoms with Crippen molar-refractivity contribution in [2.45, 2.75) is 9.79 Å². The van der Waals surface area contributed by atoms with Gasteiger partial charge < -0.3 is 10.2 Å². The van der Waals surface area contributed by atoms with Gasteiger partial charge in [-0.05, 0) is 49.1 Å². The summed E-state index contributed by atoms with van der Waals surface area (Å²) >= 11 is 0.903. The number of thioether (sulfide) groups is 1. The second-order valence-electron chi connectivity index (χ2n) is 5.56. The van der Waals surface area contributed by atoms with E-state index in [1.165, 1.54) is 11.9 Å². The van der Waals surface area contributed by atoms with E-state index in [1.54, 1.807) is 38.4 Å². The lowest BCUT2D eigenvalue weighted by molar-refractivity contribution is 0.102. The number of carbonyl (C=O) groups excluding carboxylic acids is 2. The molecule has 0 atom stereocenters. The summed E-state index contributed by atoms with van der Waals surface area (Å²) in [6.45, 7) is 0. The van der Waals surface area contributed by atoms with Gasteiger partial charge in [0, 0.05) is 19.0 Å². The number of sulfonamides is 1. The van der Waals surface area contributed by atoms with Gasteiger partial charge in [0.2, 0.25) is 10.0 Å². The maximum Gasteiger partial charge on any atom is 0.286 e. The molecule has 0 radical (unpaired) electrons. The Morgan fingerprint density at radius 1 is 1.11 bits per heavy atom. The summed E-state index contributed by atoms with van der Waals surface area (Å²) in [7, 11) is 0.581. The number of carbonyl (C=O) groups is 2. The van der Waals surface area contributed by atoms with Gasteiger partial charge in [-0.2, -0.15) is 0 Å².